The highest BCUT2D eigenvalue weighted by Crippen LogP contribution is 2.29. The number of thiazole rings is 1. The van der Waals surface area contributed by atoms with Gasteiger partial charge in [-0.3, -0.25) is 4.79 Å². The third kappa shape index (κ3) is 2.77. The van der Waals surface area contributed by atoms with Crippen LogP contribution in [0.3, 0.4) is 0 Å². The zero-order valence-corrected chi connectivity index (χ0v) is 13.3. The van der Waals surface area contributed by atoms with E-state index in [1.54, 1.807) is 10.9 Å². The van der Waals surface area contributed by atoms with Crippen LogP contribution in [-0.2, 0) is 13.0 Å². The van der Waals surface area contributed by atoms with Crippen molar-refractivity contribution in [2.45, 2.75) is 25.8 Å². The summed E-state index contributed by atoms with van der Waals surface area (Å²) in [7, 11) is 0. The second kappa shape index (κ2) is 5.96. The van der Waals surface area contributed by atoms with Gasteiger partial charge in [-0.2, -0.15) is 0 Å². The van der Waals surface area contributed by atoms with Gasteiger partial charge in [0, 0.05) is 30.1 Å². The van der Waals surface area contributed by atoms with Crippen molar-refractivity contribution in [1.29, 1.82) is 0 Å². The van der Waals surface area contributed by atoms with Gasteiger partial charge < -0.3 is 9.88 Å². The zero-order valence-electron chi connectivity index (χ0n) is 12.5. The van der Waals surface area contributed by atoms with Gasteiger partial charge in [0.25, 0.3) is 5.91 Å². The van der Waals surface area contributed by atoms with Crippen LogP contribution >= 0.6 is 11.3 Å². The number of aromatic nitrogens is 3. The maximum atomic E-state index is 12.3. The molecule has 0 bridgehead atoms. The Bertz CT molecular complexity index is 815. The Kier molecular flexibility index (Phi) is 3.67. The SMILES string of the molecule is O=C(Nc1ccccc1-c1cn2c(n1)CCCC2)c1cscn1. The molecule has 5 nitrogen and oxygen atoms in total. The minimum atomic E-state index is -0.192. The van der Waals surface area contributed by atoms with E-state index in [2.05, 4.69) is 21.1 Å². The summed E-state index contributed by atoms with van der Waals surface area (Å²) in [5, 5.41) is 4.69. The van der Waals surface area contributed by atoms with Crippen molar-refractivity contribution in [1.82, 2.24) is 14.5 Å². The van der Waals surface area contributed by atoms with Crippen molar-refractivity contribution in [2.75, 3.05) is 5.32 Å². The molecule has 1 aliphatic heterocycles. The van der Waals surface area contributed by atoms with Crippen LogP contribution in [0.5, 0.6) is 0 Å². The maximum Gasteiger partial charge on any atom is 0.275 e. The standard InChI is InChI=1S/C17H16N4OS/c22-17(15-10-23-11-18-15)20-13-6-2-1-5-12(13)14-9-21-8-4-3-7-16(21)19-14/h1-2,5-6,9-11H,3-4,7-8H2,(H,20,22). The molecule has 1 aromatic carbocycles. The van der Waals surface area contributed by atoms with Gasteiger partial charge in [0.15, 0.2) is 0 Å². The Labute approximate surface area is 138 Å². The minimum Gasteiger partial charge on any atom is -0.334 e. The lowest BCUT2D eigenvalue weighted by Gasteiger charge is -2.11. The summed E-state index contributed by atoms with van der Waals surface area (Å²) < 4.78 is 2.22. The fourth-order valence-corrected chi connectivity index (χ4v) is 3.40. The molecule has 0 radical (unpaired) electrons. The van der Waals surface area contributed by atoms with Gasteiger partial charge in [0.05, 0.1) is 16.9 Å². The monoisotopic (exact) mass is 324 g/mol. The molecule has 2 aromatic heterocycles. The molecule has 0 saturated heterocycles. The van der Waals surface area contributed by atoms with E-state index in [0.29, 0.717) is 5.69 Å². The first-order chi connectivity index (χ1) is 11.3. The number of nitrogens with one attached hydrogen (secondary N) is 1. The van der Waals surface area contributed by atoms with Crippen molar-refractivity contribution >= 4 is 22.9 Å². The highest BCUT2D eigenvalue weighted by Gasteiger charge is 2.16. The second-order valence-corrected chi connectivity index (χ2v) is 6.28. The molecule has 0 spiro atoms. The number of carbonyl (C=O) groups is 1. The third-order valence-electron chi connectivity index (χ3n) is 4.02. The van der Waals surface area contributed by atoms with Crippen LogP contribution in [0, 0.1) is 0 Å². The Morgan fingerprint density at radius 2 is 2.17 bits per heavy atom. The van der Waals surface area contributed by atoms with E-state index < -0.39 is 0 Å². The summed E-state index contributed by atoms with van der Waals surface area (Å²) in [4.78, 5) is 21.1. The molecule has 1 aliphatic rings. The van der Waals surface area contributed by atoms with Gasteiger partial charge in [-0.05, 0) is 18.9 Å². The molecule has 3 aromatic rings. The van der Waals surface area contributed by atoms with Crippen LogP contribution in [-0.4, -0.2) is 20.4 Å². The van der Waals surface area contributed by atoms with Gasteiger partial charge in [0.2, 0.25) is 0 Å². The fourth-order valence-electron chi connectivity index (χ4n) is 2.87. The predicted molar refractivity (Wildman–Crippen MR) is 90.7 cm³/mol. The number of fused-ring (bicyclic) bond motifs is 1. The number of rotatable bonds is 3. The molecular weight excluding hydrogens is 308 g/mol. The van der Waals surface area contributed by atoms with Crippen molar-refractivity contribution in [2.24, 2.45) is 0 Å². The summed E-state index contributed by atoms with van der Waals surface area (Å²) in [5.74, 6) is 0.939. The third-order valence-corrected chi connectivity index (χ3v) is 4.61. The van der Waals surface area contributed by atoms with E-state index in [9.17, 15) is 4.79 Å². The van der Waals surface area contributed by atoms with E-state index in [0.717, 1.165) is 35.7 Å². The molecular formula is C17H16N4OS. The number of imidazole rings is 1. The summed E-state index contributed by atoms with van der Waals surface area (Å²) in [6.45, 7) is 1.02. The van der Waals surface area contributed by atoms with Crippen molar-refractivity contribution in [3.63, 3.8) is 0 Å². The second-order valence-electron chi connectivity index (χ2n) is 5.57. The van der Waals surface area contributed by atoms with Crippen LogP contribution in [0.4, 0.5) is 5.69 Å². The van der Waals surface area contributed by atoms with E-state index >= 15 is 0 Å². The Morgan fingerprint density at radius 3 is 3.00 bits per heavy atom. The molecule has 116 valence electrons. The van der Waals surface area contributed by atoms with Crippen LogP contribution in [0.1, 0.15) is 29.2 Å². The van der Waals surface area contributed by atoms with Crippen LogP contribution in [0.2, 0.25) is 0 Å². The molecule has 0 aliphatic carbocycles. The molecule has 1 amide bonds. The summed E-state index contributed by atoms with van der Waals surface area (Å²) in [6.07, 6.45) is 5.50. The molecule has 0 unspecified atom stereocenters. The molecule has 6 heteroatoms. The summed E-state index contributed by atoms with van der Waals surface area (Å²) in [5.41, 5.74) is 4.72. The van der Waals surface area contributed by atoms with E-state index in [-0.39, 0.29) is 5.91 Å². The highest BCUT2D eigenvalue weighted by molar-refractivity contribution is 7.07. The van der Waals surface area contributed by atoms with Gasteiger partial charge in [-0.1, -0.05) is 18.2 Å². The Hall–Kier alpha value is -2.47. The highest BCUT2D eigenvalue weighted by atomic mass is 32.1. The first kappa shape index (κ1) is 14.1. The van der Waals surface area contributed by atoms with Gasteiger partial charge in [-0.15, -0.1) is 11.3 Å². The van der Waals surface area contributed by atoms with Crippen molar-refractivity contribution in [3.05, 3.63) is 52.9 Å². The van der Waals surface area contributed by atoms with Crippen molar-refractivity contribution in [3.8, 4) is 11.3 Å². The van der Waals surface area contributed by atoms with E-state index in [1.807, 2.05) is 24.3 Å². The predicted octanol–water partition coefficient (Wildman–Crippen LogP) is 3.60. The largest absolute Gasteiger partial charge is 0.334 e. The molecule has 4 rings (SSSR count). The number of aryl methyl sites for hydroxylation is 2. The normalized spacial score (nSPS) is 13.6. The van der Waals surface area contributed by atoms with Gasteiger partial charge in [-0.25, -0.2) is 9.97 Å². The summed E-state index contributed by atoms with van der Waals surface area (Å²) >= 11 is 1.41. The average molecular weight is 324 g/mol. The van der Waals surface area contributed by atoms with Crippen LogP contribution in [0.25, 0.3) is 11.3 Å². The Morgan fingerprint density at radius 1 is 1.26 bits per heavy atom. The van der Waals surface area contributed by atoms with Gasteiger partial charge in [0.1, 0.15) is 11.5 Å². The quantitative estimate of drug-likeness (QED) is 0.801. The smallest absolute Gasteiger partial charge is 0.275 e. The molecule has 0 fully saturated rings. The molecule has 0 atom stereocenters. The number of para-hydroxylation sites is 1. The average Bonchev–Trinajstić information content (AvgIpc) is 3.25. The lowest BCUT2D eigenvalue weighted by molar-refractivity contribution is 0.102. The maximum absolute atomic E-state index is 12.3. The first-order valence-corrected chi connectivity index (χ1v) is 8.60. The number of carbonyl (C=O) groups excluding carboxylic acids is 1. The lowest BCUT2D eigenvalue weighted by atomic mass is 10.1. The summed E-state index contributed by atoms with van der Waals surface area (Å²) in [6, 6.07) is 7.77. The van der Waals surface area contributed by atoms with Crippen molar-refractivity contribution < 1.29 is 4.79 Å². The molecule has 1 N–H and O–H groups in total. The van der Waals surface area contributed by atoms with Crippen LogP contribution in [0.15, 0.2) is 41.4 Å². The fraction of sp³-hybridized carbons (Fsp3) is 0.235. The lowest BCUT2D eigenvalue weighted by Crippen LogP contribution is -2.12. The number of hydrogen-bond acceptors (Lipinski definition) is 4. The number of anilines is 1. The molecule has 3 heterocycles. The zero-order chi connectivity index (χ0) is 15.6. The Balaban J connectivity index is 1.67. The number of amides is 1. The number of hydrogen-bond donors (Lipinski definition) is 1. The number of nitrogens with zero attached hydrogens (tertiary/aromatic N) is 3. The topological polar surface area (TPSA) is 59.8 Å². The first-order valence-electron chi connectivity index (χ1n) is 7.66. The minimum absolute atomic E-state index is 0.192. The molecule has 23 heavy (non-hydrogen) atoms. The van der Waals surface area contributed by atoms with Crippen LogP contribution < -0.4 is 5.32 Å². The van der Waals surface area contributed by atoms with Gasteiger partial charge >= 0.3 is 0 Å². The number of benzene rings is 1. The van der Waals surface area contributed by atoms with E-state index in [1.165, 1.54) is 24.2 Å². The van der Waals surface area contributed by atoms with E-state index in [4.69, 9.17) is 4.98 Å². The molecule has 0 saturated carbocycles.